The van der Waals surface area contributed by atoms with E-state index in [1.54, 1.807) is 7.05 Å². The van der Waals surface area contributed by atoms with Crippen LogP contribution in [0.1, 0.15) is 6.42 Å². The molecule has 0 saturated carbocycles. The van der Waals surface area contributed by atoms with Gasteiger partial charge >= 0.3 is 0 Å². The Balaban J connectivity index is 2.51. The van der Waals surface area contributed by atoms with Crippen LogP contribution in [0.4, 0.5) is 0 Å². The molecule has 2 N–H and O–H groups in total. The topological polar surface area (TPSA) is 91.6 Å². The molecule has 0 aliphatic heterocycles. The number of aromatic nitrogens is 5. The number of rotatable bonds is 3. The van der Waals surface area contributed by atoms with Crippen LogP contribution < -0.4 is 11.3 Å². The second-order valence-electron chi connectivity index (χ2n) is 3.27. The first-order valence-corrected chi connectivity index (χ1v) is 4.69. The van der Waals surface area contributed by atoms with E-state index < -0.39 is 0 Å². The molecule has 80 valence electrons. The van der Waals surface area contributed by atoms with Gasteiger partial charge in [-0.1, -0.05) is 5.21 Å². The highest BCUT2D eigenvalue weighted by atomic mass is 16.1. The van der Waals surface area contributed by atoms with Gasteiger partial charge in [0.2, 0.25) is 0 Å². The predicted molar refractivity (Wildman–Crippen MR) is 54.2 cm³/mol. The zero-order valence-corrected chi connectivity index (χ0v) is 8.42. The van der Waals surface area contributed by atoms with Crippen molar-refractivity contribution < 1.29 is 0 Å². The van der Waals surface area contributed by atoms with E-state index in [1.165, 1.54) is 15.6 Å². The molecule has 0 amide bonds. The SMILES string of the molecule is Cn1ncc2c(=O)n(CCCN)nnc21. The van der Waals surface area contributed by atoms with Crippen LogP contribution in [-0.4, -0.2) is 31.3 Å². The van der Waals surface area contributed by atoms with E-state index in [0.29, 0.717) is 30.5 Å². The minimum absolute atomic E-state index is 0.165. The fourth-order valence-electron chi connectivity index (χ4n) is 1.36. The van der Waals surface area contributed by atoms with Gasteiger partial charge in [0.1, 0.15) is 5.39 Å². The van der Waals surface area contributed by atoms with Crippen molar-refractivity contribution in [1.29, 1.82) is 0 Å². The van der Waals surface area contributed by atoms with E-state index in [2.05, 4.69) is 15.4 Å². The number of nitrogens with zero attached hydrogens (tertiary/aromatic N) is 5. The Kier molecular flexibility index (Phi) is 2.46. The van der Waals surface area contributed by atoms with E-state index in [4.69, 9.17) is 5.73 Å². The number of hydrogen-bond donors (Lipinski definition) is 1. The zero-order valence-electron chi connectivity index (χ0n) is 8.42. The van der Waals surface area contributed by atoms with Crippen molar-refractivity contribution in [1.82, 2.24) is 24.8 Å². The molecule has 2 rings (SSSR count). The third-order valence-corrected chi connectivity index (χ3v) is 2.19. The van der Waals surface area contributed by atoms with Crippen molar-refractivity contribution in [3.05, 3.63) is 16.6 Å². The Bertz CT molecular complexity index is 527. The molecular formula is C8H12N6O. The summed E-state index contributed by atoms with van der Waals surface area (Å²) in [7, 11) is 1.72. The van der Waals surface area contributed by atoms with Crippen LogP contribution in [0.2, 0.25) is 0 Å². The first-order valence-electron chi connectivity index (χ1n) is 4.69. The summed E-state index contributed by atoms with van der Waals surface area (Å²) >= 11 is 0. The van der Waals surface area contributed by atoms with Gasteiger partial charge < -0.3 is 5.73 Å². The zero-order chi connectivity index (χ0) is 10.8. The molecular weight excluding hydrogens is 196 g/mol. The summed E-state index contributed by atoms with van der Waals surface area (Å²) in [5.41, 5.74) is 5.70. The molecule has 0 spiro atoms. The minimum Gasteiger partial charge on any atom is -0.330 e. The van der Waals surface area contributed by atoms with Gasteiger partial charge in [0.25, 0.3) is 5.56 Å². The van der Waals surface area contributed by atoms with Crippen LogP contribution in [-0.2, 0) is 13.6 Å². The normalized spacial score (nSPS) is 11.1. The summed E-state index contributed by atoms with van der Waals surface area (Å²) in [6, 6.07) is 0. The molecule has 0 radical (unpaired) electrons. The first kappa shape index (κ1) is 9.78. The van der Waals surface area contributed by atoms with Crippen molar-refractivity contribution in [3.63, 3.8) is 0 Å². The number of hydrogen-bond acceptors (Lipinski definition) is 5. The number of fused-ring (bicyclic) bond motifs is 1. The molecule has 0 fully saturated rings. The summed E-state index contributed by atoms with van der Waals surface area (Å²) in [6.07, 6.45) is 2.21. The molecule has 0 bridgehead atoms. The van der Waals surface area contributed by atoms with Gasteiger partial charge in [0.15, 0.2) is 5.65 Å². The van der Waals surface area contributed by atoms with Gasteiger partial charge in [0, 0.05) is 13.6 Å². The third-order valence-electron chi connectivity index (χ3n) is 2.19. The van der Waals surface area contributed by atoms with Crippen LogP contribution in [0.5, 0.6) is 0 Å². The molecule has 0 atom stereocenters. The maximum absolute atomic E-state index is 11.8. The highest BCUT2D eigenvalue weighted by Crippen LogP contribution is 2.01. The Morgan fingerprint density at radius 2 is 2.33 bits per heavy atom. The molecule has 15 heavy (non-hydrogen) atoms. The van der Waals surface area contributed by atoms with E-state index in [9.17, 15) is 4.79 Å². The van der Waals surface area contributed by atoms with E-state index in [-0.39, 0.29) is 5.56 Å². The summed E-state index contributed by atoms with van der Waals surface area (Å²) in [6.45, 7) is 1.02. The summed E-state index contributed by atoms with van der Waals surface area (Å²) in [5, 5.41) is 12.2. The Hall–Kier alpha value is -1.76. The van der Waals surface area contributed by atoms with E-state index in [1.807, 2.05) is 0 Å². The average molecular weight is 208 g/mol. The standard InChI is InChI=1S/C8H12N6O/c1-13-7-6(5-10-13)8(15)14(12-11-7)4-2-3-9/h5H,2-4,9H2,1H3. The smallest absolute Gasteiger partial charge is 0.280 e. The van der Waals surface area contributed by atoms with Gasteiger partial charge in [-0.05, 0) is 13.0 Å². The predicted octanol–water partition coefficient (Wildman–Crippen LogP) is -1.13. The van der Waals surface area contributed by atoms with Gasteiger partial charge in [0.05, 0.1) is 6.20 Å². The van der Waals surface area contributed by atoms with Crippen molar-refractivity contribution in [2.45, 2.75) is 13.0 Å². The molecule has 0 aliphatic carbocycles. The Morgan fingerprint density at radius 3 is 3.07 bits per heavy atom. The first-order chi connectivity index (χ1) is 7.24. The van der Waals surface area contributed by atoms with Crippen LogP contribution >= 0.6 is 0 Å². The molecule has 7 nitrogen and oxygen atoms in total. The lowest BCUT2D eigenvalue weighted by Crippen LogP contribution is -2.25. The van der Waals surface area contributed by atoms with Crippen LogP contribution in [0, 0.1) is 0 Å². The van der Waals surface area contributed by atoms with Crippen LogP contribution in [0.25, 0.3) is 11.0 Å². The molecule has 2 heterocycles. The maximum atomic E-state index is 11.8. The van der Waals surface area contributed by atoms with E-state index in [0.717, 1.165) is 0 Å². The molecule has 0 aromatic carbocycles. The van der Waals surface area contributed by atoms with Gasteiger partial charge in [-0.2, -0.15) is 5.10 Å². The van der Waals surface area contributed by atoms with Crippen molar-refractivity contribution in [2.24, 2.45) is 12.8 Å². The average Bonchev–Trinajstić information content (AvgIpc) is 2.61. The summed E-state index contributed by atoms with van der Waals surface area (Å²) < 4.78 is 2.84. The lowest BCUT2D eigenvalue weighted by atomic mass is 10.4. The van der Waals surface area contributed by atoms with Crippen molar-refractivity contribution >= 4 is 11.0 Å². The monoisotopic (exact) mass is 208 g/mol. The van der Waals surface area contributed by atoms with Crippen LogP contribution in [0.3, 0.4) is 0 Å². The van der Waals surface area contributed by atoms with Crippen LogP contribution in [0.15, 0.2) is 11.0 Å². The fourth-order valence-corrected chi connectivity index (χ4v) is 1.36. The summed E-state index contributed by atoms with van der Waals surface area (Å²) in [5.74, 6) is 0. The number of nitrogens with two attached hydrogens (primary N) is 1. The molecule has 0 saturated heterocycles. The molecule has 7 heteroatoms. The number of aryl methyl sites for hydroxylation is 2. The molecule has 0 unspecified atom stereocenters. The highest BCUT2D eigenvalue weighted by molar-refractivity contribution is 5.72. The van der Waals surface area contributed by atoms with Crippen molar-refractivity contribution in [3.8, 4) is 0 Å². The fraction of sp³-hybridized carbons (Fsp3) is 0.500. The molecule has 2 aromatic rings. The molecule has 2 aromatic heterocycles. The quantitative estimate of drug-likeness (QED) is 0.689. The second kappa shape index (κ2) is 3.77. The largest absolute Gasteiger partial charge is 0.330 e. The maximum Gasteiger partial charge on any atom is 0.280 e. The third kappa shape index (κ3) is 1.61. The van der Waals surface area contributed by atoms with Crippen molar-refractivity contribution in [2.75, 3.05) is 6.54 Å². The van der Waals surface area contributed by atoms with Gasteiger partial charge in [-0.15, -0.1) is 5.10 Å². The van der Waals surface area contributed by atoms with E-state index >= 15 is 0 Å². The van der Waals surface area contributed by atoms with Gasteiger partial charge in [-0.25, -0.2) is 9.36 Å². The summed E-state index contributed by atoms with van der Waals surface area (Å²) in [4.78, 5) is 11.8. The lowest BCUT2D eigenvalue weighted by molar-refractivity contribution is 0.527. The Morgan fingerprint density at radius 1 is 1.53 bits per heavy atom. The minimum atomic E-state index is -0.165. The van der Waals surface area contributed by atoms with Gasteiger partial charge in [-0.3, -0.25) is 4.79 Å². The highest BCUT2D eigenvalue weighted by Gasteiger charge is 2.08. The lowest BCUT2D eigenvalue weighted by Gasteiger charge is -2.01. The second-order valence-corrected chi connectivity index (χ2v) is 3.27. The molecule has 0 aliphatic rings. The Labute approximate surface area is 85.5 Å².